The van der Waals surface area contributed by atoms with E-state index >= 15 is 0 Å². The lowest BCUT2D eigenvalue weighted by Gasteiger charge is -2.34. The molecule has 1 heteroatoms. The highest BCUT2D eigenvalue weighted by Gasteiger charge is 2.52. The van der Waals surface area contributed by atoms with E-state index in [9.17, 15) is 0 Å². The van der Waals surface area contributed by atoms with Gasteiger partial charge in [-0.05, 0) is 30.1 Å². The van der Waals surface area contributed by atoms with E-state index < -0.39 is 0 Å². The minimum absolute atomic E-state index is 0.371. The SMILES string of the molecule is C=C1[C@@H]2C[C@@H](C[C@H]2Cl)C1(C)C. The predicted molar refractivity (Wildman–Crippen MR) is 48.8 cm³/mol. The van der Waals surface area contributed by atoms with Crippen LogP contribution in [0.2, 0.25) is 0 Å². The fraction of sp³-hybridized carbons (Fsp3) is 0.800. The fourth-order valence-electron chi connectivity index (χ4n) is 2.68. The smallest absolute Gasteiger partial charge is 0.0404 e. The molecule has 0 aromatic rings. The average molecular weight is 171 g/mol. The van der Waals surface area contributed by atoms with Crippen LogP contribution >= 0.6 is 11.6 Å². The Hall–Kier alpha value is 0.0300. The van der Waals surface area contributed by atoms with Gasteiger partial charge in [-0.3, -0.25) is 0 Å². The standard InChI is InChI=1S/C10H15Cl/c1-6-8-4-7(5-9(8)11)10(6,2)3/h7-9H,1,4-5H2,2-3H3/t7-,8-,9+/m0/s1. The van der Waals surface area contributed by atoms with Gasteiger partial charge in [-0.1, -0.05) is 26.0 Å². The first-order chi connectivity index (χ1) is 5.03. The van der Waals surface area contributed by atoms with Crippen molar-refractivity contribution < 1.29 is 0 Å². The Morgan fingerprint density at radius 1 is 1.45 bits per heavy atom. The van der Waals surface area contributed by atoms with Gasteiger partial charge in [-0.15, -0.1) is 11.6 Å². The number of allylic oxidation sites excluding steroid dienone is 1. The second-order valence-corrected chi connectivity index (χ2v) is 5.10. The van der Waals surface area contributed by atoms with Crippen molar-refractivity contribution in [2.45, 2.75) is 32.1 Å². The summed E-state index contributed by atoms with van der Waals surface area (Å²) in [4.78, 5) is 0. The lowest BCUT2D eigenvalue weighted by molar-refractivity contribution is 0.291. The molecule has 2 rings (SSSR count). The molecule has 0 amide bonds. The second kappa shape index (κ2) is 2.04. The Balaban J connectivity index is 2.32. The average Bonchev–Trinajstić information content (AvgIpc) is 2.36. The minimum Gasteiger partial charge on any atom is -0.122 e. The minimum atomic E-state index is 0.371. The van der Waals surface area contributed by atoms with Gasteiger partial charge in [0.05, 0.1) is 0 Å². The highest BCUT2D eigenvalue weighted by atomic mass is 35.5. The Kier molecular flexibility index (Phi) is 1.42. The van der Waals surface area contributed by atoms with E-state index in [1.165, 1.54) is 18.4 Å². The topological polar surface area (TPSA) is 0 Å². The highest BCUT2D eigenvalue weighted by Crippen LogP contribution is 2.59. The van der Waals surface area contributed by atoms with Crippen LogP contribution in [0.1, 0.15) is 26.7 Å². The van der Waals surface area contributed by atoms with Crippen LogP contribution in [0.15, 0.2) is 12.2 Å². The third-order valence-corrected chi connectivity index (χ3v) is 4.26. The Morgan fingerprint density at radius 2 is 2.09 bits per heavy atom. The molecule has 0 heterocycles. The van der Waals surface area contributed by atoms with E-state index in [1.807, 2.05) is 0 Å². The Bertz CT molecular complexity index is 205. The molecular weight excluding hydrogens is 156 g/mol. The van der Waals surface area contributed by atoms with Crippen molar-refractivity contribution >= 4 is 11.6 Å². The monoisotopic (exact) mass is 170 g/mol. The van der Waals surface area contributed by atoms with E-state index in [1.54, 1.807) is 0 Å². The first-order valence-electron chi connectivity index (χ1n) is 4.37. The number of rotatable bonds is 0. The predicted octanol–water partition coefficient (Wildman–Crippen LogP) is 3.22. The first kappa shape index (κ1) is 7.67. The van der Waals surface area contributed by atoms with Crippen LogP contribution in [-0.4, -0.2) is 5.38 Å². The summed E-state index contributed by atoms with van der Waals surface area (Å²) in [5, 5.41) is 0.389. The Morgan fingerprint density at radius 3 is 2.45 bits per heavy atom. The van der Waals surface area contributed by atoms with Gasteiger partial charge in [-0.25, -0.2) is 0 Å². The molecule has 0 saturated heterocycles. The fourth-order valence-corrected chi connectivity index (χ4v) is 3.15. The third-order valence-electron chi connectivity index (χ3n) is 3.78. The largest absolute Gasteiger partial charge is 0.122 e. The molecule has 0 unspecified atom stereocenters. The molecule has 2 aliphatic carbocycles. The van der Waals surface area contributed by atoms with Crippen molar-refractivity contribution in [3.63, 3.8) is 0 Å². The van der Waals surface area contributed by atoms with Gasteiger partial charge in [0.2, 0.25) is 0 Å². The summed E-state index contributed by atoms with van der Waals surface area (Å²) in [6, 6.07) is 0. The summed E-state index contributed by atoms with van der Waals surface area (Å²) in [7, 11) is 0. The van der Waals surface area contributed by atoms with Crippen molar-refractivity contribution in [2.24, 2.45) is 17.3 Å². The van der Waals surface area contributed by atoms with Gasteiger partial charge in [0, 0.05) is 5.38 Å². The first-order valence-corrected chi connectivity index (χ1v) is 4.80. The molecule has 0 aliphatic heterocycles. The number of halogens is 1. The van der Waals surface area contributed by atoms with Crippen molar-refractivity contribution in [2.75, 3.05) is 0 Å². The van der Waals surface area contributed by atoms with E-state index in [2.05, 4.69) is 20.4 Å². The number of alkyl halides is 1. The zero-order chi connectivity index (χ0) is 8.22. The van der Waals surface area contributed by atoms with Crippen LogP contribution in [0, 0.1) is 17.3 Å². The number of hydrogen-bond acceptors (Lipinski definition) is 0. The molecular formula is C10H15Cl. The third kappa shape index (κ3) is 0.823. The van der Waals surface area contributed by atoms with Crippen LogP contribution in [0.3, 0.4) is 0 Å². The quantitative estimate of drug-likeness (QED) is 0.387. The maximum Gasteiger partial charge on any atom is 0.0404 e. The molecule has 0 nitrogen and oxygen atoms in total. The molecule has 62 valence electrons. The van der Waals surface area contributed by atoms with Crippen molar-refractivity contribution in [3.05, 3.63) is 12.2 Å². The summed E-state index contributed by atoms with van der Waals surface area (Å²) >= 11 is 6.17. The second-order valence-electron chi connectivity index (χ2n) is 4.54. The van der Waals surface area contributed by atoms with Crippen LogP contribution in [0.25, 0.3) is 0 Å². The van der Waals surface area contributed by atoms with Gasteiger partial charge in [-0.2, -0.15) is 0 Å². The maximum absolute atomic E-state index is 6.17. The van der Waals surface area contributed by atoms with Gasteiger partial charge in [0.15, 0.2) is 0 Å². The molecule has 2 saturated carbocycles. The maximum atomic E-state index is 6.17. The Labute approximate surface area is 73.6 Å². The van der Waals surface area contributed by atoms with E-state index in [-0.39, 0.29) is 0 Å². The van der Waals surface area contributed by atoms with Crippen LogP contribution < -0.4 is 0 Å². The molecule has 0 N–H and O–H groups in total. The number of hydrogen-bond donors (Lipinski definition) is 0. The zero-order valence-corrected chi connectivity index (χ0v) is 7.99. The van der Waals surface area contributed by atoms with Crippen molar-refractivity contribution in [3.8, 4) is 0 Å². The summed E-state index contributed by atoms with van der Waals surface area (Å²) in [5.41, 5.74) is 1.77. The molecule has 0 aromatic heterocycles. The van der Waals surface area contributed by atoms with E-state index in [0.29, 0.717) is 16.7 Å². The molecule has 0 aromatic carbocycles. The summed E-state index contributed by atoms with van der Waals surface area (Å²) in [6.45, 7) is 8.77. The highest BCUT2D eigenvalue weighted by molar-refractivity contribution is 6.21. The van der Waals surface area contributed by atoms with Gasteiger partial charge in [0.1, 0.15) is 0 Å². The van der Waals surface area contributed by atoms with Gasteiger partial charge >= 0.3 is 0 Å². The van der Waals surface area contributed by atoms with Crippen LogP contribution in [-0.2, 0) is 0 Å². The lowest BCUT2D eigenvalue weighted by Crippen LogP contribution is -2.27. The molecule has 2 bridgehead atoms. The molecule has 3 atom stereocenters. The molecule has 2 aliphatic rings. The van der Waals surface area contributed by atoms with Crippen molar-refractivity contribution in [1.29, 1.82) is 0 Å². The van der Waals surface area contributed by atoms with Gasteiger partial charge < -0.3 is 0 Å². The normalized spacial score (nSPS) is 46.8. The van der Waals surface area contributed by atoms with E-state index in [0.717, 1.165) is 5.92 Å². The summed E-state index contributed by atoms with van der Waals surface area (Å²) in [6.07, 6.45) is 2.50. The molecule has 2 fully saturated rings. The van der Waals surface area contributed by atoms with Crippen molar-refractivity contribution in [1.82, 2.24) is 0 Å². The summed E-state index contributed by atoms with van der Waals surface area (Å²) < 4.78 is 0. The summed E-state index contributed by atoms with van der Waals surface area (Å²) in [5.74, 6) is 1.43. The molecule has 0 radical (unpaired) electrons. The van der Waals surface area contributed by atoms with Crippen LogP contribution in [0.5, 0.6) is 0 Å². The number of fused-ring (bicyclic) bond motifs is 2. The van der Waals surface area contributed by atoms with E-state index in [4.69, 9.17) is 11.6 Å². The van der Waals surface area contributed by atoms with Crippen LogP contribution in [0.4, 0.5) is 0 Å². The molecule has 11 heavy (non-hydrogen) atoms. The van der Waals surface area contributed by atoms with Gasteiger partial charge in [0.25, 0.3) is 0 Å². The zero-order valence-electron chi connectivity index (χ0n) is 7.23. The lowest BCUT2D eigenvalue weighted by atomic mass is 9.73. The molecule has 0 spiro atoms.